The van der Waals surface area contributed by atoms with Crippen LogP contribution in [0.25, 0.3) is 11.4 Å². The van der Waals surface area contributed by atoms with Gasteiger partial charge in [0.2, 0.25) is 5.95 Å². The number of hydrogen-bond acceptors (Lipinski definition) is 9. The largest absolute Gasteiger partial charge is 0.394 e. The molecule has 0 aliphatic carbocycles. The average Bonchev–Trinajstić information content (AvgIpc) is 3.29. The van der Waals surface area contributed by atoms with Gasteiger partial charge >= 0.3 is 0 Å². The van der Waals surface area contributed by atoms with E-state index in [-0.39, 0.29) is 12.5 Å². The first-order valence-electron chi connectivity index (χ1n) is 10.8. The number of rotatable bonds is 7. The van der Waals surface area contributed by atoms with Gasteiger partial charge in [0.25, 0.3) is 5.91 Å². The van der Waals surface area contributed by atoms with Gasteiger partial charge in [0, 0.05) is 31.0 Å². The molecule has 0 saturated carbocycles. The molecule has 1 aliphatic heterocycles. The summed E-state index contributed by atoms with van der Waals surface area (Å²) >= 11 is 0. The Kier molecular flexibility index (Phi) is 5.83. The Bertz CT molecular complexity index is 1320. The van der Waals surface area contributed by atoms with E-state index in [4.69, 9.17) is 0 Å². The van der Waals surface area contributed by atoms with E-state index in [1.54, 1.807) is 19.3 Å². The van der Waals surface area contributed by atoms with Crippen LogP contribution in [0, 0.1) is 0 Å². The third-order valence-electron chi connectivity index (χ3n) is 5.63. The minimum atomic E-state index is -0.397. The van der Waals surface area contributed by atoms with Gasteiger partial charge < -0.3 is 21.1 Å². The maximum Gasteiger partial charge on any atom is 0.251 e. The van der Waals surface area contributed by atoms with Gasteiger partial charge in [0.05, 0.1) is 18.2 Å². The molecule has 0 saturated heterocycles. The highest BCUT2D eigenvalue weighted by atomic mass is 16.3. The number of tetrazole rings is 1. The van der Waals surface area contributed by atoms with Crippen molar-refractivity contribution >= 4 is 23.4 Å². The Hall–Kier alpha value is -4.38. The van der Waals surface area contributed by atoms with E-state index in [0.717, 1.165) is 23.2 Å². The number of amides is 1. The molecule has 0 unspecified atom stereocenters. The summed E-state index contributed by atoms with van der Waals surface area (Å²) in [6, 6.07) is 14.8. The van der Waals surface area contributed by atoms with Crippen LogP contribution in [0.15, 0.2) is 54.7 Å². The molecule has 1 aliphatic rings. The minimum Gasteiger partial charge on any atom is -0.394 e. The monoisotopic (exact) mass is 457 g/mol. The van der Waals surface area contributed by atoms with Gasteiger partial charge in [0.1, 0.15) is 5.82 Å². The van der Waals surface area contributed by atoms with Gasteiger partial charge in [-0.25, -0.2) is 9.67 Å². The van der Waals surface area contributed by atoms with E-state index in [9.17, 15) is 9.90 Å². The molecular weight excluding hydrogens is 434 g/mol. The van der Waals surface area contributed by atoms with Crippen molar-refractivity contribution in [2.24, 2.45) is 7.05 Å². The Morgan fingerprint density at radius 1 is 1.18 bits per heavy atom. The number of benzene rings is 2. The summed E-state index contributed by atoms with van der Waals surface area (Å²) in [5.74, 6) is 1.24. The van der Waals surface area contributed by atoms with Crippen LogP contribution < -0.4 is 16.0 Å². The molecule has 1 amide bonds. The number of aliphatic hydroxyl groups is 1. The number of aromatic nitrogens is 6. The third-order valence-corrected chi connectivity index (χ3v) is 5.63. The van der Waals surface area contributed by atoms with Gasteiger partial charge in [-0.15, -0.1) is 5.10 Å². The maximum atomic E-state index is 12.0. The van der Waals surface area contributed by atoms with Crippen LogP contribution in [-0.4, -0.2) is 54.3 Å². The zero-order valence-corrected chi connectivity index (χ0v) is 18.4. The molecule has 172 valence electrons. The zero-order valence-electron chi connectivity index (χ0n) is 18.4. The SMILES string of the molecule is Cn1nnnc1-c1cnc(Nc2ccc3c(c2)CCNC3=O)nc1N[C@H](CO)c1ccccc1. The number of hydrogen-bond donors (Lipinski definition) is 4. The predicted octanol–water partition coefficient (Wildman–Crippen LogP) is 1.84. The fourth-order valence-corrected chi connectivity index (χ4v) is 3.89. The Morgan fingerprint density at radius 2 is 2.03 bits per heavy atom. The Morgan fingerprint density at radius 3 is 2.79 bits per heavy atom. The van der Waals surface area contributed by atoms with E-state index < -0.39 is 6.04 Å². The fourth-order valence-electron chi connectivity index (χ4n) is 3.89. The summed E-state index contributed by atoms with van der Waals surface area (Å²) in [6.45, 7) is 0.475. The van der Waals surface area contributed by atoms with Crippen LogP contribution in [0.3, 0.4) is 0 Å². The first kappa shape index (κ1) is 21.5. The zero-order chi connectivity index (χ0) is 23.5. The van der Waals surface area contributed by atoms with Gasteiger partial charge in [-0.2, -0.15) is 4.98 Å². The average molecular weight is 457 g/mol. The second-order valence-corrected chi connectivity index (χ2v) is 7.87. The normalized spacial score (nSPS) is 13.6. The highest BCUT2D eigenvalue weighted by molar-refractivity contribution is 5.97. The van der Waals surface area contributed by atoms with Gasteiger partial charge in [-0.05, 0) is 46.2 Å². The molecule has 34 heavy (non-hydrogen) atoms. The molecule has 11 heteroatoms. The van der Waals surface area contributed by atoms with E-state index in [2.05, 4.69) is 41.4 Å². The first-order chi connectivity index (χ1) is 16.6. The van der Waals surface area contributed by atoms with Crippen molar-refractivity contribution in [3.63, 3.8) is 0 Å². The Balaban J connectivity index is 1.49. The molecule has 0 spiro atoms. The molecule has 3 heterocycles. The predicted molar refractivity (Wildman–Crippen MR) is 125 cm³/mol. The molecule has 4 N–H and O–H groups in total. The lowest BCUT2D eigenvalue weighted by atomic mass is 10.00. The number of fused-ring (bicyclic) bond motifs is 1. The Labute approximate surface area is 195 Å². The number of anilines is 3. The van der Waals surface area contributed by atoms with Crippen molar-refractivity contribution < 1.29 is 9.90 Å². The van der Waals surface area contributed by atoms with Gasteiger partial charge in [0.15, 0.2) is 5.82 Å². The van der Waals surface area contributed by atoms with E-state index in [1.165, 1.54) is 4.68 Å². The second kappa shape index (κ2) is 9.24. The highest BCUT2D eigenvalue weighted by Crippen LogP contribution is 2.29. The summed E-state index contributed by atoms with van der Waals surface area (Å²) in [5, 5.41) is 31.1. The summed E-state index contributed by atoms with van der Waals surface area (Å²) < 4.78 is 1.53. The van der Waals surface area contributed by atoms with E-state index in [1.807, 2.05) is 42.5 Å². The van der Waals surface area contributed by atoms with Gasteiger partial charge in [-0.1, -0.05) is 30.3 Å². The molecule has 0 fully saturated rings. The van der Waals surface area contributed by atoms with Crippen molar-refractivity contribution in [2.45, 2.75) is 12.5 Å². The standard InChI is InChI=1S/C23H23N9O2/c1-32-21(29-30-31-32)18-12-25-23(26-16-7-8-17-15(11-16)9-10-24-22(17)34)28-20(18)27-19(13-33)14-5-3-2-4-6-14/h2-8,11-12,19,33H,9-10,13H2,1H3,(H,24,34)(H2,25,26,27,28)/t19-/m1/s1. The lowest BCUT2D eigenvalue weighted by Crippen LogP contribution is -2.31. The lowest BCUT2D eigenvalue weighted by Gasteiger charge is -2.20. The summed E-state index contributed by atoms with van der Waals surface area (Å²) in [4.78, 5) is 21.1. The highest BCUT2D eigenvalue weighted by Gasteiger charge is 2.20. The molecule has 11 nitrogen and oxygen atoms in total. The van der Waals surface area contributed by atoms with Crippen molar-refractivity contribution in [1.29, 1.82) is 0 Å². The minimum absolute atomic E-state index is 0.0619. The van der Waals surface area contributed by atoms with Crippen molar-refractivity contribution in [3.8, 4) is 11.4 Å². The molecule has 4 aromatic rings. The topological polar surface area (TPSA) is 143 Å². The summed E-state index contributed by atoms with van der Waals surface area (Å²) in [7, 11) is 1.73. The van der Waals surface area contributed by atoms with Crippen LogP contribution in [-0.2, 0) is 13.5 Å². The van der Waals surface area contributed by atoms with Crippen molar-refractivity contribution in [2.75, 3.05) is 23.8 Å². The quantitative estimate of drug-likeness (QED) is 0.327. The molecule has 1 atom stereocenters. The van der Waals surface area contributed by atoms with Crippen molar-refractivity contribution in [1.82, 2.24) is 35.5 Å². The molecular formula is C23H23N9O2. The number of aryl methyl sites for hydroxylation is 1. The lowest BCUT2D eigenvalue weighted by molar-refractivity contribution is 0.0946. The first-order valence-corrected chi connectivity index (χ1v) is 10.8. The van der Waals surface area contributed by atoms with Crippen molar-refractivity contribution in [3.05, 3.63) is 71.4 Å². The number of aliphatic hydroxyl groups excluding tert-OH is 1. The van der Waals surface area contributed by atoms with E-state index in [0.29, 0.717) is 35.3 Å². The molecule has 0 bridgehead atoms. The number of carbonyl (C=O) groups is 1. The third kappa shape index (κ3) is 4.28. The number of carbonyl (C=O) groups excluding carboxylic acids is 1. The fraction of sp³-hybridized carbons (Fsp3) is 0.217. The number of nitrogens with one attached hydrogen (secondary N) is 3. The molecule has 5 rings (SSSR count). The second-order valence-electron chi connectivity index (χ2n) is 7.87. The molecule has 2 aromatic carbocycles. The van der Waals surface area contributed by atoms with Crippen LogP contribution in [0.4, 0.5) is 17.5 Å². The van der Waals surface area contributed by atoms with Gasteiger partial charge in [-0.3, -0.25) is 4.79 Å². The molecule has 0 radical (unpaired) electrons. The van der Waals surface area contributed by atoms with E-state index >= 15 is 0 Å². The van der Waals surface area contributed by atoms with Crippen LogP contribution in [0.5, 0.6) is 0 Å². The smallest absolute Gasteiger partial charge is 0.251 e. The van der Waals surface area contributed by atoms with Crippen LogP contribution in [0.1, 0.15) is 27.5 Å². The summed E-state index contributed by atoms with van der Waals surface area (Å²) in [6.07, 6.45) is 2.40. The van der Waals surface area contributed by atoms with Crippen LogP contribution in [0.2, 0.25) is 0 Å². The van der Waals surface area contributed by atoms with Crippen LogP contribution >= 0.6 is 0 Å². The number of nitrogens with zero attached hydrogens (tertiary/aromatic N) is 6. The maximum absolute atomic E-state index is 12.0. The molecule has 2 aromatic heterocycles. The summed E-state index contributed by atoms with van der Waals surface area (Å²) in [5.41, 5.74) is 3.93.